The molecule has 0 aliphatic heterocycles. The van der Waals surface area contributed by atoms with Crippen molar-refractivity contribution in [1.29, 1.82) is 0 Å². The first-order chi connectivity index (χ1) is 13.3. The summed E-state index contributed by atoms with van der Waals surface area (Å²) in [5.41, 5.74) is 1.46. The van der Waals surface area contributed by atoms with E-state index in [-0.39, 0.29) is 0 Å². The maximum absolute atomic E-state index is 6.14. The fourth-order valence-electron chi connectivity index (χ4n) is 2.67. The zero-order valence-electron chi connectivity index (χ0n) is 16.0. The summed E-state index contributed by atoms with van der Waals surface area (Å²) in [4.78, 5) is 9.41. The first-order valence-corrected chi connectivity index (χ1v) is 9.60. The van der Waals surface area contributed by atoms with E-state index in [4.69, 9.17) is 23.2 Å². The highest BCUT2D eigenvalue weighted by Crippen LogP contribution is 2.19. The lowest BCUT2D eigenvalue weighted by Crippen LogP contribution is -2.04. The van der Waals surface area contributed by atoms with Crippen LogP contribution in [0.5, 0.6) is 0 Å². The van der Waals surface area contributed by atoms with Crippen LogP contribution in [-0.2, 0) is 0 Å². The summed E-state index contributed by atoms with van der Waals surface area (Å²) in [5, 5.41) is 0. The minimum absolute atomic E-state index is 0.672. The van der Waals surface area contributed by atoms with Gasteiger partial charge < -0.3 is 13.3 Å². The van der Waals surface area contributed by atoms with Crippen molar-refractivity contribution in [3.05, 3.63) is 72.0 Å². The smallest absolute Gasteiger partial charge is 0.156 e. The SMILES string of the molecule is CCCCN=C(c1ccco1)c1ccc(C(=NCCCC)c2ccco2)o1. The Labute approximate surface area is 159 Å². The van der Waals surface area contributed by atoms with Crippen LogP contribution in [-0.4, -0.2) is 24.5 Å². The molecule has 0 atom stereocenters. The molecule has 5 nitrogen and oxygen atoms in total. The van der Waals surface area contributed by atoms with Gasteiger partial charge >= 0.3 is 0 Å². The predicted molar refractivity (Wildman–Crippen MR) is 107 cm³/mol. The van der Waals surface area contributed by atoms with Crippen molar-refractivity contribution in [3.63, 3.8) is 0 Å². The lowest BCUT2D eigenvalue weighted by Gasteiger charge is -2.03. The van der Waals surface area contributed by atoms with Gasteiger partial charge in [-0.15, -0.1) is 0 Å². The minimum atomic E-state index is 0.672. The molecule has 5 heteroatoms. The maximum atomic E-state index is 6.14. The third-order valence-electron chi connectivity index (χ3n) is 4.15. The van der Waals surface area contributed by atoms with E-state index in [1.807, 2.05) is 36.4 Å². The monoisotopic (exact) mass is 366 g/mol. The van der Waals surface area contributed by atoms with E-state index < -0.39 is 0 Å². The molecule has 0 unspecified atom stereocenters. The van der Waals surface area contributed by atoms with Gasteiger partial charge in [0.05, 0.1) is 12.5 Å². The van der Waals surface area contributed by atoms with Gasteiger partial charge in [-0.3, -0.25) is 9.98 Å². The Morgan fingerprint density at radius 2 is 1.19 bits per heavy atom. The van der Waals surface area contributed by atoms with Crippen LogP contribution in [0.1, 0.15) is 62.6 Å². The molecule has 3 aromatic heterocycles. The van der Waals surface area contributed by atoms with Crippen molar-refractivity contribution in [2.24, 2.45) is 9.98 Å². The topological polar surface area (TPSA) is 64.1 Å². The van der Waals surface area contributed by atoms with E-state index >= 15 is 0 Å². The Hall–Kier alpha value is -2.82. The molecule has 0 amide bonds. The molecule has 3 aromatic rings. The average molecular weight is 366 g/mol. The van der Waals surface area contributed by atoms with Crippen molar-refractivity contribution >= 4 is 11.4 Å². The molecular formula is C22H26N2O3. The second kappa shape index (κ2) is 9.76. The van der Waals surface area contributed by atoms with E-state index in [0.29, 0.717) is 23.0 Å². The number of aliphatic imine (C=N–C) groups is 2. The Balaban J connectivity index is 1.92. The molecule has 0 spiro atoms. The predicted octanol–water partition coefficient (Wildman–Crippen LogP) is 5.74. The maximum Gasteiger partial charge on any atom is 0.156 e. The molecule has 0 aliphatic rings. The van der Waals surface area contributed by atoms with Crippen LogP contribution in [0.25, 0.3) is 0 Å². The fraction of sp³-hybridized carbons (Fsp3) is 0.364. The zero-order chi connectivity index (χ0) is 18.9. The summed E-state index contributed by atoms with van der Waals surface area (Å²) in [6, 6.07) is 11.3. The highest BCUT2D eigenvalue weighted by atomic mass is 16.4. The van der Waals surface area contributed by atoms with Crippen LogP contribution in [0, 0.1) is 0 Å². The molecule has 0 bridgehead atoms. The number of hydrogen-bond donors (Lipinski definition) is 0. The number of hydrogen-bond acceptors (Lipinski definition) is 5. The molecule has 3 heterocycles. The zero-order valence-corrected chi connectivity index (χ0v) is 16.0. The summed E-state index contributed by atoms with van der Waals surface area (Å²) in [7, 11) is 0. The standard InChI is InChI=1S/C22H26N2O3/c1-3-5-13-23-21(17-9-7-15-25-17)19-11-12-20(27-19)22(24-14-6-4-2)18-10-8-16-26-18/h7-12,15-16H,3-6,13-14H2,1-2H3. The van der Waals surface area contributed by atoms with Gasteiger partial charge in [-0.1, -0.05) is 26.7 Å². The highest BCUT2D eigenvalue weighted by molar-refractivity contribution is 6.12. The van der Waals surface area contributed by atoms with Crippen LogP contribution in [0.3, 0.4) is 0 Å². The van der Waals surface area contributed by atoms with Crippen molar-refractivity contribution in [2.45, 2.75) is 39.5 Å². The average Bonchev–Trinajstić information content (AvgIpc) is 3.45. The van der Waals surface area contributed by atoms with E-state index in [1.165, 1.54) is 0 Å². The van der Waals surface area contributed by atoms with Crippen LogP contribution >= 0.6 is 0 Å². The molecule has 142 valence electrons. The van der Waals surface area contributed by atoms with Gasteiger partial charge in [0.15, 0.2) is 23.0 Å². The van der Waals surface area contributed by atoms with Gasteiger partial charge in [0.1, 0.15) is 11.4 Å². The Bertz CT molecular complexity index is 785. The van der Waals surface area contributed by atoms with Crippen molar-refractivity contribution in [1.82, 2.24) is 0 Å². The van der Waals surface area contributed by atoms with Crippen molar-refractivity contribution in [2.75, 3.05) is 13.1 Å². The lowest BCUT2D eigenvalue weighted by molar-refractivity contribution is 0.524. The second-order valence-electron chi connectivity index (χ2n) is 6.29. The summed E-state index contributed by atoms with van der Waals surface area (Å²) in [5.74, 6) is 2.75. The normalized spacial score (nSPS) is 12.7. The van der Waals surface area contributed by atoms with Crippen LogP contribution < -0.4 is 0 Å². The van der Waals surface area contributed by atoms with Crippen LogP contribution in [0.2, 0.25) is 0 Å². The highest BCUT2D eigenvalue weighted by Gasteiger charge is 2.18. The molecule has 27 heavy (non-hydrogen) atoms. The van der Waals surface area contributed by atoms with Gasteiger partial charge in [-0.2, -0.15) is 0 Å². The molecule has 0 saturated carbocycles. The fourth-order valence-corrected chi connectivity index (χ4v) is 2.67. The van der Waals surface area contributed by atoms with Crippen LogP contribution in [0.4, 0.5) is 0 Å². The summed E-state index contributed by atoms with van der Waals surface area (Å²) in [6.45, 7) is 5.77. The summed E-state index contributed by atoms with van der Waals surface area (Å²) >= 11 is 0. The third kappa shape index (κ3) is 4.88. The third-order valence-corrected chi connectivity index (χ3v) is 4.15. The second-order valence-corrected chi connectivity index (χ2v) is 6.29. The molecule has 3 rings (SSSR count). The molecular weight excluding hydrogens is 340 g/mol. The number of unbranched alkanes of at least 4 members (excludes halogenated alkanes) is 2. The first kappa shape index (κ1) is 19.0. The van der Waals surface area contributed by atoms with Crippen molar-refractivity contribution in [3.8, 4) is 0 Å². The van der Waals surface area contributed by atoms with E-state index in [9.17, 15) is 0 Å². The number of rotatable bonds is 10. The molecule has 0 radical (unpaired) electrons. The summed E-state index contributed by atoms with van der Waals surface area (Å²) in [6.07, 6.45) is 7.52. The van der Waals surface area contributed by atoms with Gasteiger partial charge in [-0.25, -0.2) is 0 Å². The van der Waals surface area contributed by atoms with Crippen molar-refractivity contribution < 1.29 is 13.3 Å². The Morgan fingerprint density at radius 3 is 1.56 bits per heavy atom. The minimum Gasteiger partial charge on any atom is -0.463 e. The molecule has 0 fully saturated rings. The van der Waals surface area contributed by atoms with Gasteiger partial charge in [0, 0.05) is 13.1 Å². The molecule has 0 saturated heterocycles. The van der Waals surface area contributed by atoms with Gasteiger partial charge in [0.2, 0.25) is 0 Å². The molecule has 0 N–H and O–H groups in total. The number of furan rings is 3. The molecule has 0 aromatic carbocycles. The van der Waals surface area contributed by atoms with E-state index in [0.717, 1.165) is 50.2 Å². The van der Waals surface area contributed by atoms with Crippen LogP contribution in [0.15, 0.2) is 72.2 Å². The van der Waals surface area contributed by atoms with Gasteiger partial charge in [0.25, 0.3) is 0 Å². The Kier molecular flexibility index (Phi) is 6.85. The molecule has 0 aliphatic carbocycles. The lowest BCUT2D eigenvalue weighted by atomic mass is 10.2. The van der Waals surface area contributed by atoms with Gasteiger partial charge in [-0.05, 0) is 49.2 Å². The summed E-state index contributed by atoms with van der Waals surface area (Å²) < 4.78 is 17.3. The quantitative estimate of drug-likeness (QED) is 0.339. The van der Waals surface area contributed by atoms with E-state index in [2.05, 4.69) is 13.8 Å². The Morgan fingerprint density at radius 1 is 0.704 bits per heavy atom. The van der Waals surface area contributed by atoms with E-state index in [1.54, 1.807) is 12.5 Å². The first-order valence-electron chi connectivity index (χ1n) is 9.60. The number of nitrogens with zero attached hydrogens (tertiary/aromatic N) is 2. The largest absolute Gasteiger partial charge is 0.463 e.